The van der Waals surface area contributed by atoms with Crippen molar-refractivity contribution in [3.05, 3.63) is 17.8 Å². The van der Waals surface area contributed by atoms with Crippen molar-refractivity contribution in [1.29, 1.82) is 0 Å². The van der Waals surface area contributed by atoms with E-state index in [2.05, 4.69) is 21.8 Å². The third-order valence-electron chi connectivity index (χ3n) is 4.03. The highest BCUT2D eigenvalue weighted by Gasteiger charge is 2.24. The molecule has 0 unspecified atom stereocenters. The van der Waals surface area contributed by atoms with Crippen LogP contribution in [0.1, 0.15) is 30.1 Å². The van der Waals surface area contributed by atoms with Gasteiger partial charge in [0.25, 0.3) is 0 Å². The minimum absolute atomic E-state index is 0.334. The Balaban J connectivity index is 2.19. The maximum absolute atomic E-state index is 11.9. The molecule has 1 fully saturated rings. The number of nitrogens with zero attached hydrogens (tertiary/aromatic N) is 3. The molecule has 21 heavy (non-hydrogen) atoms. The molecular weight excluding hydrogens is 268 g/mol. The van der Waals surface area contributed by atoms with E-state index in [0.29, 0.717) is 29.7 Å². The molecule has 1 saturated heterocycles. The Morgan fingerprint density at radius 1 is 1.52 bits per heavy atom. The molecule has 0 bridgehead atoms. The second kappa shape index (κ2) is 6.76. The summed E-state index contributed by atoms with van der Waals surface area (Å²) in [6, 6.07) is 2.01. The Kier molecular flexibility index (Phi) is 5.01. The first-order chi connectivity index (χ1) is 10.0. The Labute approximate surface area is 125 Å². The van der Waals surface area contributed by atoms with E-state index in [1.54, 1.807) is 19.2 Å². The lowest BCUT2D eigenvalue weighted by Gasteiger charge is -2.36. The van der Waals surface area contributed by atoms with Gasteiger partial charge in [-0.15, -0.1) is 0 Å². The predicted molar refractivity (Wildman–Crippen MR) is 83.5 cm³/mol. The quantitative estimate of drug-likeness (QED) is 0.845. The average Bonchev–Trinajstić information content (AvgIpc) is 2.48. The van der Waals surface area contributed by atoms with E-state index in [9.17, 15) is 4.79 Å². The van der Waals surface area contributed by atoms with Gasteiger partial charge in [-0.3, -0.25) is 0 Å². The molecule has 6 nitrogen and oxygen atoms in total. The van der Waals surface area contributed by atoms with Crippen molar-refractivity contribution in [3.63, 3.8) is 0 Å². The lowest BCUT2D eigenvalue weighted by Crippen LogP contribution is -2.42. The maximum Gasteiger partial charge on any atom is 0.340 e. The van der Waals surface area contributed by atoms with Crippen LogP contribution in [0.2, 0.25) is 0 Å². The predicted octanol–water partition coefficient (Wildman–Crippen LogP) is 1.37. The van der Waals surface area contributed by atoms with E-state index in [0.717, 1.165) is 25.9 Å². The minimum Gasteiger partial charge on any atom is -0.462 e. The largest absolute Gasteiger partial charge is 0.462 e. The zero-order chi connectivity index (χ0) is 15.4. The van der Waals surface area contributed by atoms with Crippen LogP contribution in [0, 0.1) is 0 Å². The summed E-state index contributed by atoms with van der Waals surface area (Å²) < 4.78 is 5.03. The number of nitrogens with two attached hydrogens (primary N) is 1. The number of likely N-dealkylation sites (tertiary alicyclic amines) is 1. The summed E-state index contributed by atoms with van der Waals surface area (Å²) in [5.74, 6) is 0.269. The smallest absolute Gasteiger partial charge is 0.340 e. The number of piperidine rings is 1. The normalized spacial score (nSPS) is 16.7. The van der Waals surface area contributed by atoms with E-state index >= 15 is 0 Å². The van der Waals surface area contributed by atoms with Gasteiger partial charge in [0, 0.05) is 19.3 Å². The first-order valence-electron chi connectivity index (χ1n) is 7.37. The Bertz CT molecular complexity index is 498. The summed E-state index contributed by atoms with van der Waals surface area (Å²) in [6.07, 6.45) is 3.75. The fourth-order valence-electron chi connectivity index (χ4n) is 2.69. The van der Waals surface area contributed by atoms with Gasteiger partial charge in [-0.2, -0.15) is 0 Å². The summed E-state index contributed by atoms with van der Waals surface area (Å²) in [5.41, 5.74) is 6.92. The van der Waals surface area contributed by atoms with Gasteiger partial charge in [-0.25, -0.2) is 9.78 Å². The Morgan fingerprint density at radius 2 is 2.19 bits per heavy atom. The zero-order valence-electron chi connectivity index (χ0n) is 13.0. The monoisotopic (exact) mass is 292 g/mol. The maximum atomic E-state index is 11.9. The van der Waals surface area contributed by atoms with Crippen molar-refractivity contribution in [2.75, 3.05) is 44.4 Å². The van der Waals surface area contributed by atoms with Crippen molar-refractivity contribution in [2.45, 2.75) is 25.8 Å². The van der Waals surface area contributed by atoms with Gasteiger partial charge in [0.05, 0.1) is 17.9 Å². The number of hydrogen-bond donors (Lipinski definition) is 1. The number of carbonyl (C=O) groups is 1. The number of hydrogen-bond acceptors (Lipinski definition) is 6. The van der Waals surface area contributed by atoms with Gasteiger partial charge in [-0.05, 0) is 46.0 Å². The topological polar surface area (TPSA) is 71.7 Å². The lowest BCUT2D eigenvalue weighted by molar-refractivity contribution is 0.0527. The summed E-state index contributed by atoms with van der Waals surface area (Å²) >= 11 is 0. The zero-order valence-corrected chi connectivity index (χ0v) is 13.0. The average molecular weight is 292 g/mol. The van der Waals surface area contributed by atoms with Crippen LogP contribution in [0.15, 0.2) is 12.3 Å². The van der Waals surface area contributed by atoms with E-state index in [4.69, 9.17) is 10.5 Å². The van der Waals surface area contributed by atoms with E-state index < -0.39 is 5.97 Å². The molecule has 1 aromatic rings. The second-order valence-corrected chi connectivity index (χ2v) is 5.46. The Hall–Kier alpha value is -1.82. The van der Waals surface area contributed by atoms with Crippen molar-refractivity contribution in [3.8, 4) is 0 Å². The number of ether oxygens (including phenoxy) is 1. The van der Waals surface area contributed by atoms with Gasteiger partial charge in [-0.1, -0.05) is 0 Å². The third-order valence-corrected chi connectivity index (χ3v) is 4.03. The summed E-state index contributed by atoms with van der Waals surface area (Å²) in [4.78, 5) is 20.7. The molecule has 0 radical (unpaired) electrons. The van der Waals surface area contributed by atoms with Crippen LogP contribution < -0.4 is 10.6 Å². The molecule has 0 aromatic carbocycles. The van der Waals surface area contributed by atoms with E-state index in [-0.39, 0.29) is 0 Å². The summed E-state index contributed by atoms with van der Waals surface area (Å²) in [7, 11) is 4.12. The molecule has 2 N–H and O–H groups in total. The number of carbonyl (C=O) groups excluding carboxylic acids is 1. The second-order valence-electron chi connectivity index (χ2n) is 5.46. The van der Waals surface area contributed by atoms with Gasteiger partial charge in [0.2, 0.25) is 0 Å². The molecule has 2 heterocycles. The molecule has 1 aliphatic heterocycles. The van der Waals surface area contributed by atoms with Crippen LogP contribution in [0.3, 0.4) is 0 Å². The molecule has 0 atom stereocenters. The SMILES string of the molecule is CCOC(=O)c1ccnc(N(C)C2CCN(C)CC2)c1N. The molecule has 6 heteroatoms. The Morgan fingerprint density at radius 3 is 2.81 bits per heavy atom. The molecule has 2 rings (SSSR count). The number of nitrogen functional groups attached to an aromatic ring is 1. The summed E-state index contributed by atoms with van der Waals surface area (Å²) in [5, 5.41) is 0. The number of pyridine rings is 1. The van der Waals surface area contributed by atoms with Crippen molar-refractivity contribution in [1.82, 2.24) is 9.88 Å². The first-order valence-corrected chi connectivity index (χ1v) is 7.37. The fourth-order valence-corrected chi connectivity index (χ4v) is 2.69. The molecule has 0 saturated carbocycles. The molecule has 1 aliphatic rings. The van der Waals surface area contributed by atoms with Gasteiger partial charge >= 0.3 is 5.97 Å². The number of aromatic nitrogens is 1. The highest BCUT2D eigenvalue weighted by atomic mass is 16.5. The third kappa shape index (κ3) is 3.44. The van der Waals surface area contributed by atoms with Crippen LogP contribution in [0.25, 0.3) is 0 Å². The van der Waals surface area contributed by atoms with Crippen molar-refractivity contribution >= 4 is 17.5 Å². The number of anilines is 2. The number of esters is 1. The van der Waals surface area contributed by atoms with Crippen LogP contribution in [-0.2, 0) is 4.74 Å². The standard InChI is InChI=1S/C15H24N4O2/c1-4-21-15(20)12-5-8-17-14(13(12)16)19(3)11-6-9-18(2)10-7-11/h5,8,11H,4,6-7,9-10,16H2,1-3H3. The highest BCUT2D eigenvalue weighted by molar-refractivity contribution is 5.97. The molecule has 116 valence electrons. The summed E-state index contributed by atoms with van der Waals surface area (Å²) in [6.45, 7) is 4.24. The van der Waals surface area contributed by atoms with Crippen LogP contribution in [0.4, 0.5) is 11.5 Å². The van der Waals surface area contributed by atoms with E-state index in [1.165, 1.54) is 0 Å². The molecule has 0 aliphatic carbocycles. The van der Waals surface area contributed by atoms with Crippen molar-refractivity contribution in [2.24, 2.45) is 0 Å². The van der Waals surface area contributed by atoms with Crippen LogP contribution >= 0.6 is 0 Å². The van der Waals surface area contributed by atoms with Crippen LogP contribution in [-0.4, -0.2) is 55.7 Å². The van der Waals surface area contributed by atoms with Gasteiger partial charge in [0.15, 0.2) is 5.82 Å². The van der Waals surface area contributed by atoms with E-state index in [1.807, 2.05) is 7.05 Å². The van der Waals surface area contributed by atoms with Crippen molar-refractivity contribution < 1.29 is 9.53 Å². The van der Waals surface area contributed by atoms with Crippen LogP contribution in [0.5, 0.6) is 0 Å². The first kappa shape index (κ1) is 15.6. The molecule has 0 amide bonds. The highest BCUT2D eigenvalue weighted by Crippen LogP contribution is 2.27. The molecule has 1 aromatic heterocycles. The van der Waals surface area contributed by atoms with Gasteiger partial charge in [0.1, 0.15) is 0 Å². The lowest BCUT2D eigenvalue weighted by atomic mass is 10.0. The van der Waals surface area contributed by atoms with Gasteiger partial charge < -0.3 is 20.3 Å². The minimum atomic E-state index is -0.393. The molecular formula is C15H24N4O2. The molecule has 0 spiro atoms. The number of rotatable bonds is 4. The fraction of sp³-hybridized carbons (Fsp3) is 0.600.